The van der Waals surface area contributed by atoms with Crippen LogP contribution in [0, 0.1) is 0 Å². The lowest BCUT2D eigenvalue weighted by Crippen LogP contribution is -2.31. The number of rotatable bonds is 6. The highest BCUT2D eigenvalue weighted by Gasteiger charge is 2.23. The summed E-state index contributed by atoms with van der Waals surface area (Å²) >= 11 is 0. The van der Waals surface area contributed by atoms with Crippen molar-refractivity contribution >= 4 is 0 Å². The topological polar surface area (TPSA) is 92.5 Å². The molecule has 0 aliphatic rings. The Morgan fingerprint density at radius 2 is 2.28 bits per heavy atom. The molecule has 7 heteroatoms. The quantitative estimate of drug-likeness (QED) is 0.803. The van der Waals surface area contributed by atoms with E-state index in [2.05, 4.69) is 51.6 Å². The summed E-state index contributed by atoms with van der Waals surface area (Å²) in [6.07, 6.45) is 2.51. The Morgan fingerprint density at radius 3 is 2.89 bits per heavy atom. The van der Waals surface area contributed by atoms with Crippen molar-refractivity contribution in [3.8, 4) is 11.5 Å². The van der Waals surface area contributed by atoms with Gasteiger partial charge >= 0.3 is 0 Å². The number of aromatic nitrogens is 5. The summed E-state index contributed by atoms with van der Waals surface area (Å²) in [4.78, 5) is 4.39. The van der Waals surface area contributed by atoms with Gasteiger partial charge in [-0.05, 0) is 19.9 Å². The van der Waals surface area contributed by atoms with E-state index in [0.29, 0.717) is 23.5 Å². The summed E-state index contributed by atoms with van der Waals surface area (Å²) in [7, 11) is 0. The Kier molecular flexibility index (Phi) is 4.03. The fourth-order valence-electron chi connectivity index (χ4n) is 2.01. The Morgan fingerprint density at radius 1 is 1.44 bits per heavy atom. The van der Waals surface area contributed by atoms with E-state index >= 15 is 0 Å². The average molecular weight is 250 g/mol. The molecule has 0 saturated heterocycles. The molecule has 0 amide bonds. The molecule has 0 spiro atoms. The van der Waals surface area contributed by atoms with Gasteiger partial charge in [0.25, 0.3) is 0 Å². The second-order valence-corrected chi connectivity index (χ2v) is 4.17. The zero-order chi connectivity index (χ0) is 13.0. The zero-order valence-electron chi connectivity index (χ0n) is 10.8. The summed E-state index contributed by atoms with van der Waals surface area (Å²) in [6.45, 7) is 7.23. The standard InChI is InChI=1S/C11H18N6O/c1-4-8(7(3)12-5-2)11-14-10(16-18-11)9-6-13-17-15-9/h6-8,12H,4-5H2,1-3H3,(H,13,15,17). The van der Waals surface area contributed by atoms with Crippen LogP contribution in [0.25, 0.3) is 11.5 Å². The van der Waals surface area contributed by atoms with Crippen molar-refractivity contribution in [2.75, 3.05) is 6.54 Å². The highest BCUT2D eigenvalue weighted by atomic mass is 16.5. The molecule has 2 aromatic heterocycles. The molecule has 2 N–H and O–H groups in total. The van der Waals surface area contributed by atoms with E-state index in [-0.39, 0.29) is 5.92 Å². The van der Waals surface area contributed by atoms with Gasteiger partial charge in [-0.2, -0.15) is 20.4 Å². The lowest BCUT2D eigenvalue weighted by Gasteiger charge is -2.19. The third-order valence-electron chi connectivity index (χ3n) is 2.97. The summed E-state index contributed by atoms with van der Waals surface area (Å²) in [6, 6.07) is 0.297. The van der Waals surface area contributed by atoms with Crippen molar-refractivity contribution < 1.29 is 4.52 Å². The molecule has 18 heavy (non-hydrogen) atoms. The summed E-state index contributed by atoms with van der Waals surface area (Å²) in [5.41, 5.74) is 0.593. The van der Waals surface area contributed by atoms with Crippen molar-refractivity contribution in [2.24, 2.45) is 0 Å². The van der Waals surface area contributed by atoms with Crippen LogP contribution in [0.15, 0.2) is 10.7 Å². The highest BCUT2D eigenvalue weighted by molar-refractivity contribution is 5.44. The van der Waals surface area contributed by atoms with Crippen LogP contribution in [0.2, 0.25) is 0 Å². The van der Waals surface area contributed by atoms with E-state index in [1.54, 1.807) is 6.20 Å². The maximum atomic E-state index is 5.33. The third kappa shape index (κ3) is 2.56. The first-order chi connectivity index (χ1) is 8.76. The minimum absolute atomic E-state index is 0.207. The van der Waals surface area contributed by atoms with Gasteiger partial charge in [-0.1, -0.05) is 19.0 Å². The predicted octanol–water partition coefficient (Wildman–Crippen LogP) is 1.35. The Labute approximate surface area is 105 Å². The van der Waals surface area contributed by atoms with Crippen molar-refractivity contribution in [1.29, 1.82) is 0 Å². The van der Waals surface area contributed by atoms with Crippen LogP contribution in [0.5, 0.6) is 0 Å². The van der Waals surface area contributed by atoms with Crippen LogP contribution < -0.4 is 5.32 Å². The molecule has 0 aromatic carbocycles. The van der Waals surface area contributed by atoms with Gasteiger partial charge in [0, 0.05) is 6.04 Å². The lowest BCUT2D eigenvalue weighted by molar-refractivity contribution is 0.318. The second-order valence-electron chi connectivity index (χ2n) is 4.17. The van der Waals surface area contributed by atoms with Crippen LogP contribution >= 0.6 is 0 Å². The number of hydrogen-bond acceptors (Lipinski definition) is 6. The molecular formula is C11H18N6O. The van der Waals surface area contributed by atoms with Gasteiger partial charge in [0.05, 0.1) is 12.1 Å². The van der Waals surface area contributed by atoms with Gasteiger partial charge in [-0.15, -0.1) is 0 Å². The van der Waals surface area contributed by atoms with Crippen molar-refractivity contribution in [3.05, 3.63) is 12.1 Å². The van der Waals surface area contributed by atoms with Crippen LogP contribution in [-0.4, -0.2) is 38.1 Å². The van der Waals surface area contributed by atoms with Gasteiger partial charge in [-0.3, -0.25) is 0 Å². The van der Waals surface area contributed by atoms with E-state index < -0.39 is 0 Å². The molecule has 0 aliphatic heterocycles. The van der Waals surface area contributed by atoms with E-state index in [4.69, 9.17) is 4.52 Å². The molecule has 0 radical (unpaired) electrons. The molecule has 2 heterocycles. The number of aromatic amines is 1. The van der Waals surface area contributed by atoms with Gasteiger partial charge < -0.3 is 9.84 Å². The first kappa shape index (κ1) is 12.7. The summed E-state index contributed by atoms with van der Waals surface area (Å²) in [5.74, 6) is 1.32. The first-order valence-electron chi connectivity index (χ1n) is 6.19. The monoisotopic (exact) mass is 250 g/mol. The zero-order valence-corrected chi connectivity index (χ0v) is 10.8. The van der Waals surface area contributed by atoms with Gasteiger partial charge in [0.1, 0.15) is 0 Å². The molecule has 2 unspecified atom stereocenters. The first-order valence-corrected chi connectivity index (χ1v) is 6.19. The molecule has 0 bridgehead atoms. The van der Waals surface area contributed by atoms with Crippen molar-refractivity contribution in [1.82, 2.24) is 30.9 Å². The van der Waals surface area contributed by atoms with Gasteiger partial charge in [0.2, 0.25) is 11.7 Å². The largest absolute Gasteiger partial charge is 0.339 e. The fraction of sp³-hybridized carbons (Fsp3) is 0.636. The number of nitrogens with zero attached hydrogens (tertiary/aromatic N) is 4. The minimum atomic E-state index is 0.207. The maximum absolute atomic E-state index is 5.33. The van der Waals surface area contributed by atoms with Gasteiger partial charge in [-0.25, -0.2) is 0 Å². The second kappa shape index (κ2) is 5.72. The fourth-order valence-corrected chi connectivity index (χ4v) is 2.01. The van der Waals surface area contributed by atoms with Crippen LogP contribution in [0.4, 0.5) is 0 Å². The van der Waals surface area contributed by atoms with E-state index in [9.17, 15) is 0 Å². The Balaban J connectivity index is 2.17. The third-order valence-corrected chi connectivity index (χ3v) is 2.97. The van der Waals surface area contributed by atoms with E-state index in [1.165, 1.54) is 0 Å². The molecule has 2 rings (SSSR count). The Hall–Kier alpha value is -1.76. The maximum Gasteiger partial charge on any atom is 0.231 e. The minimum Gasteiger partial charge on any atom is -0.339 e. The van der Waals surface area contributed by atoms with Crippen LogP contribution in [0.1, 0.15) is 39.0 Å². The molecule has 0 fully saturated rings. The average Bonchev–Trinajstić information content (AvgIpc) is 3.00. The highest BCUT2D eigenvalue weighted by Crippen LogP contribution is 2.23. The van der Waals surface area contributed by atoms with Crippen molar-refractivity contribution in [3.63, 3.8) is 0 Å². The molecule has 0 aliphatic carbocycles. The molecule has 0 saturated carbocycles. The molecule has 98 valence electrons. The lowest BCUT2D eigenvalue weighted by atomic mass is 9.98. The molecule has 2 atom stereocenters. The normalized spacial score (nSPS) is 14.6. The molecule has 7 nitrogen and oxygen atoms in total. The molecule has 2 aromatic rings. The smallest absolute Gasteiger partial charge is 0.231 e. The number of nitrogens with one attached hydrogen (secondary N) is 2. The van der Waals surface area contributed by atoms with Crippen LogP contribution in [0.3, 0.4) is 0 Å². The van der Waals surface area contributed by atoms with Crippen molar-refractivity contribution in [2.45, 2.75) is 39.2 Å². The molecular weight excluding hydrogens is 232 g/mol. The predicted molar refractivity (Wildman–Crippen MR) is 65.8 cm³/mol. The number of hydrogen-bond donors (Lipinski definition) is 2. The number of likely N-dealkylation sites (N-methyl/N-ethyl adjacent to an activating group) is 1. The SMILES string of the molecule is CCNC(C)C(CC)c1nc(-c2cn[nH]n2)no1. The van der Waals surface area contributed by atoms with Gasteiger partial charge in [0.15, 0.2) is 5.69 Å². The number of H-pyrrole nitrogens is 1. The summed E-state index contributed by atoms with van der Waals surface area (Å²) in [5, 5.41) is 17.5. The Bertz CT molecular complexity index is 466. The van der Waals surface area contributed by atoms with E-state index in [0.717, 1.165) is 13.0 Å². The van der Waals surface area contributed by atoms with E-state index in [1.807, 2.05) is 0 Å². The van der Waals surface area contributed by atoms with Crippen LogP contribution in [-0.2, 0) is 0 Å². The summed E-state index contributed by atoms with van der Waals surface area (Å²) < 4.78 is 5.33.